The summed E-state index contributed by atoms with van der Waals surface area (Å²) in [6.07, 6.45) is 2.82. The fraction of sp³-hybridized carbons (Fsp3) is 0.600. The van der Waals surface area contributed by atoms with Crippen molar-refractivity contribution in [2.45, 2.75) is 44.8 Å². The minimum absolute atomic E-state index is 0.0199. The molecule has 25 heavy (non-hydrogen) atoms. The Morgan fingerprint density at radius 2 is 2.04 bits per heavy atom. The maximum Gasteiger partial charge on any atom is 0.227 e. The van der Waals surface area contributed by atoms with Gasteiger partial charge in [-0.25, -0.2) is 0 Å². The van der Waals surface area contributed by atoms with Gasteiger partial charge in [0.1, 0.15) is 0 Å². The molecule has 1 saturated carbocycles. The zero-order chi connectivity index (χ0) is 18.0. The largest absolute Gasteiger partial charge is 0.393 e. The van der Waals surface area contributed by atoms with Crippen LogP contribution in [0.25, 0.3) is 0 Å². The van der Waals surface area contributed by atoms with Crippen molar-refractivity contribution in [3.63, 3.8) is 0 Å². The molecule has 1 aromatic rings. The number of aliphatic hydroxyl groups is 1. The van der Waals surface area contributed by atoms with Crippen molar-refractivity contribution in [2.75, 3.05) is 20.1 Å². The van der Waals surface area contributed by atoms with E-state index in [2.05, 4.69) is 0 Å². The van der Waals surface area contributed by atoms with E-state index in [1.807, 2.05) is 42.2 Å². The molecule has 1 saturated heterocycles. The van der Waals surface area contributed by atoms with Crippen LogP contribution >= 0.6 is 0 Å². The summed E-state index contributed by atoms with van der Waals surface area (Å²) in [5.74, 6) is -0.0353. The van der Waals surface area contributed by atoms with E-state index in [4.69, 9.17) is 0 Å². The molecule has 5 heteroatoms. The van der Waals surface area contributed by atoms with Crippen LogP contribution in [-0.2, 0) is 9.59 Å². The van der Waals surface area contributed by atoms with Gasteiger partial charge in [-0.05, 0) is 25.3 Å². The summed E-state index contributed by atoms with van der Waals surface area (Å²) < 4.78 is 0. The fourth-order valence-corrected chi connectivity index (χ4v) is 4.17. The average molecular weight is 344 g/mol. The van der Waals surface area contributed by atoms with Crippen molar-refractivity contribution in [3.05, 3.63) is 35.9 Å². The highest BCUT2D eigenvalue weighted by molar-refractivity contribution is 5.89. The molecule has 136 valence electrons. The molecule has 0 radical (unpaired) electrons. The smallest absolute Gasteiger partial charge is 0.227 e. The van der Waals surface area contributed by atoms with Gasteiger partial charge in [0, 0.05) is 32.5 Å². The Morgan fingerprint density at radius 3 is 2.68 bits per heavy atom. The molecule has 4 unspecified atom stereocenters. The van der Waals surface area contributed by atoms with Crippen LogP contribution in [-0.4, -0.2) is 53.0 Å². The van der Waals surface area contributed by atoms with Gasteiger partial charge in [0.15, 0.2) is 0 Å². The van der Waals surface area contributed by atoms with Crippen molar-refractivity contribution in [3.8, 4) is 0 Å². The Morgan fingerprint density at radius 1 is 1.32 bits per heavy atom. The molecular formula is C20H28N2O3. The number of hydrogen-bond donors (Lipinski definition) is 1. The van der Waals surface area contributed by atoms with Crippen LogP contribution in [0.3, 0.4) is 0 Å². The predicted octanol–water partition coefficient (Wildman–Crippen LogP) is 2.22. The third kappa shape index (κ3) is 3.87. The SMILES string of the molecule is CC(c1ccccc1)N1CC(C(=O)N(C)CC2CCCC2O)CC1=O. The molecule has 4 atom stereocenters. The van der Waals surface area contributed by atoms with E-state index in [9.17, 15) is 14.7 Å². The molecule has 1 aliphatic carbocycles. The summed E-state index contributed by atoms with van der Waals surface area (Å²) in [6, 6.07) is 9.90. The highest BCUT2D eigenvalue weighted by Gasteiger charge is 2.39. The van der Waals surface area contributed by atoms with Gasteiger partial charge < -0.3 is 14.9 Å². The maximum absolute atomic E-state index is 12.8. The van der Waals surface area contributed by atoms with Gasteiger partial charge in [0.25, 0.3) is 0 Å². The van der Waals surface area contributed by atoms with Gasteiger partial charge in [0.05, 0.1) is 18.1 Å². The van der Waals surface area contributed by atoms with Gasteiger partial charge in [-0.2, -0.15) is 0 Å². The van der Waals surface area contributed by atoms with E-state index in [1.54, 1.807) is 11.9 Å². The Bertz CT molecular complexity index is 619. The molecule has 0 aromatic heterocycles. The molecule has 1 heterocycles. The van der Waals surface area contributed by atoms with Crippen LogP contribution < -0.4 is 0 Å². The molecule has 5 nitrogen and oxygen atoms in total. The molecule has 2 aliphatic rings. The molecule has 3 rings (SSSR count). The van der Waals surface area contributed by atoms with Crippen molar-refractivity contribution >= 4 is 11.8 Å². The number of aliphatic hydroxyl groups excluding tert-OH is 1. The summed E-state index contributed by atoms with van der Waals surface area (Å²) in [7, 11) is 1.79. The van der Waals surface area contributed by atoms with E-state index in [1.165, 1.54) is 0 Å². The van der Waals surface area contributed by atoms with Gasteiger partial charge >= 0.3 is 0 Å². The second-order valence-corrected chi connectivity index (χ2v) is 7.51. The predicted molar refractivity (Wildman–Crippen MR) is 95.7 cm³/mol. The summed E-state index contributed by atoms with van der Waals surface area (Å²) in [5.41, 5.74) is 1.09. The van der Waals surface area contributed by atoms with Crippen molar-refractivity contribution in [1.29, 1.82) is 0 Å². The lowest BCUT2D eigenvalue weighted by atomic mass is 10.0. The van der Waals surface area contributed by atoms with Gasteiger partial charge in [-0.3, -0.25) is 9.59 Å². The molecular weight excluding hydrogens is 316 g/mol. The number of rotatable bonds is 5. The second kappa shape index (κ2) is 7.56. The minimum Gasteiger partial charge on any atom is -0.393 e. The van der Waals surface area contributed by atoms with E-state index >= 15 is 0 Å². The Hall–Kier alpha value is -1.88. The standard InChI is InChI=1S/C20H28N2O3/c1-14(15-7-4-3-5-8-15)22-13-17(11-19(22)24)20(25)21(2)12-16-9-6-10-18(16)23/h3-5,7-8,14,16-18,23H,6,9-13H2,1-2H3. The Balaban J connectivity index is 1.60. The van der Waals surface area contributed by atoms with Crippen molar-refractivity contribution < 1.29 is 14.7 Å². The molecule has 1 aromatic carbocycles. The van der Waals surface area contributed by atoms with Crippen molar-refractivity contribution in [2.24, 2.45) is 11.8 Å². The maximum atomic E-state index is 12.8. The van der Waals surface area contributed by atoms with E-state index in [0.717, 1.165) is 24.8 Å². The lowest BCUT2D eigenvalue weighted by Gasteiger charge is -2.27. The van der Waals surface area contributed by atoms with Gasteiger partial charge in [-0.15, -0.1) is 0 Å². The average Bonchev–Trinajstić information content (AvgIpc) is 3.20. The molecule has 0 spiro atoms. The number of carbonyl (C=O) groups excluding carboxylic acids is 2. The summed E-state index contributed by atoms with van der Waals surface area (Å²) >= 11 is 0. The first-order chi connectivity index (χ1) is 12.0. The summed E-state index contributed by atoms with van der Waals surface area (Å²) in [6.45, 7) is 3.07. The molecule has 1 N–H and O–H groups in total. The van der Waals surface area contributed by atoms with Gasteiger partial charge in [-0.1, -0.05) is 36.8 Å². The Labute approximate surface area is 149 Å². The summed E-state index contributed by atoms with van der Waals surface area (Å²) in [4.78, 5) is 28.7. The second-order valence-electron chi connectivity index (χ2n) is 7.51. The van der Waals surface area contributed by atoms with Crippen LogP contribution in [0.5, 0.6) is 0 Å². The number of nitrogens with zero attached hydrogens (tertiary/aromatic N) is 2. The van der Waals surface area contributed by atoms with Gasteiger partial charge in [0.2, 0.25) is 11.8 Å². The lowest BCUT2D eigenvalue weighted by molar-refractivity contribution is -0.135. The third-order valence-electron chi connectivity index (χ3n) is 5.76. The number of carbonyl (C=O) groups is 2. The first-order valence-corrected chi connectivity index (χ1v) is 9.25. The first-order valence-electron chi connectivity index (χ1n) is 9.25. The lowest BCUT2D eigenvalue weighted by Crippen LogP contribution is -2.39. The third-order valence-corrected chi connectivity index (χ3v) is 5.76. The van der Waals surface area contributed by atoms with Crippen LogP contribution in [0.2, 0.25) is 0 Å². The topological polar surface area (TPSA) is 60.9 Å². The molecule has 2 fully saturated rings. The Kier molecular flexibility index (Phi) is 5.42. The first kappa shape index (κ1) is 17.9. The normalized spacial score (nSPS) is 27.6. The van der Waals surface area contributed by atoms with Crippen LogP contribution in [0.4, 0.5) is 0 Å². The highest BCUT2D eigenvalue weighted by Crippen LogP contribution is 2.30. The zero-order valence-corrected chi connectivity index (χ0v) is 15.1. The van der Waals surface area contributed by atoms with Crippen LogP contribution in [0, 0.1) is 11.8 Å². The van der Waals surface area contributed by atoms with Crippen LogP contribution in [0.1, 0.15) is 44.2 Å². The molecule has 2 amide bonds. The number of amides is 2. The monoisotopic (exact) mass is 344 g/mol. The number of hydrogen-bond acceptors (Lipinski definition) is 3. The highest BCUT2D eigenvalue weighted by atomic mass is 16.3. The van der Waals surface area contributed by atoms with E-state index in [-0.39, 0.29) is 42.2 Å². The summed E-state index contributed by atoms with van der Waals surface area (Å²) in [5, 5.41) is 9.97. The fourth-order valence-electron chi connectivity index (χ4n) is 4.17. The van der Waals surface area contributed by atoms with E-state index < -0.39 is 0 Å². The quantitative estimate of drug-likeness (QED) is 0.891. The molecule has 0 bridgehead atoms. The van der Waals surface area contributed by atoms with Crippen molar-refractivity contribution in [1.82, 2.24) is 9.80 Å². The minimum atomic E-state index is -0.296. The number of benzene rings is 1. The zero-order valence-electron chi connectivity index (χ0n) is 15.1. The van der Waals surface area contributed by atoms with Crippen LogP contribution in [0.15, 0.2) is 30.3 Å². The number of likely N-dealkylation sites (tertiary alicyclic amines) is 1. The van der Waals surface area contributed by atoms with E-state index in [0.29, 0.717) is 13.1 Å². The molecule has 1 aliphatic heterocycles.